The van der Waals surface area contributed by atoms with E-state index in [2.05, 4.69) is 27.5 Å². The molecule has 0 saturated heterocycles. The lowest BCUT2D eigenvalue weighted by atomic mass is 10.1. The minimum absolute atomic E-state index is 0.0524. The molecule has 3 N–H and O–H groups in total. The molecule has 0 saturated carbocycles. The number of amides is 2. The summed E-state index contributed by atoms with van der Waals surface area (Å²) in [4.78, 5) is 29.5. The Morgan fingerprint density at radius 1 is 1.37 bits per heavy atom. The fraction of sp³-hybridized carbons (Fsp3) is 0.136. The summed E-state index contributed by atoms with van der Waals surface area (Å²) in [6, 6.07) is 11.3. The van der Waals surface area contributed by atoms with Gasteiger partial charge in [0.15, 0.2) is 5.58 Å². The van der Waals surface area contributed by atoms with E-state index in [0.717, 1.165) is 21.3 Å². The number of thiophene rings is 1. The van der Waals surface area contributed by atoms with Crippen LogP contribution in [0.4, 0.5) is 11.4 Å². The summed E-state index contributed by atoms with van der Waals surface area (Å²) < 4.78 is 6.97. The minimum Gasteiger partial charge on any atom is -0.436 e. The second kappa shape index (κ2) is 7.00. The number of oxazole rings is 1. The normalized spacial score (nSPS) is 15.9. The first-order valence-electron chi connectivity index (χ1n) is 9.48. The highest BCUT2D eigenvalue weighted by Gasteiger charge is 2.24. The molecular weight excluding hydrogens is 400 g/mol. The first kappa shape index (κ1) is 18.4. The number of para-hydroxylation sites is 1. The van der Waals surface area contributed by atoms with Crippen LogP contribution in [-0.4, -0.2) is 29.4 Å². The van der Waals surface area contributed by atoms with Crippen molar-refractivity contribution in [3.63, 3.8) is 0 Å². The van der Waals surface area contributed by atoms with E-state index in [4.69, 9.17) is 4.42 Å². The first-order valence-corrected chi connectivity index (χ1v) is 10.3. The number of benzene rings is 2. The van der Waals surface area contributed by atoms with Crippen molar-refractivity contribution >= 4 is 55.7 Å². The van der Waals surface area contributed by atoms with E-state index in [1.165, 1.54) is 17.4 Å². The van der Waals surface area contributed by atoms with E-state index in [-0.39, 0.29) is 17.9 Å². The largest absolute Gasteiger partial charge is 0.436 e. The van der Waals surface area contributed by atoms with Crippen LogP contribution in [0.1, 0.15) is 16.6 Å². The Balaban J connectivity index is 1.61. The maximum absolute atomic E-state index is 12.5. The molecule has 3 heterocycles. The van der Waals surface area contributed by atoms with Crippen LogP contribution in [-0.2, 0) is 4.79 Å². The quantitative estimate of drug-likeness (QED) is 0.429. The molecule has 5 rings (SSSR count). The standard InChI is InChI=1S/C22H18N4O3S/c1-3-17(27)25-14-5-4-6-15-19(14)26-22(29-15)12-7-8-16-13(9-12)18-20(30-16)21(28)24-11(2)10-23-18/h3-9,11,23H,1,10H2,2H3,(H,24,28)(H,25,27)/t11-/m1/s1. The summed E-state index contributed by atoms with van der Waals surface area (Å²) in [5, 5.41) is 10.1. The molecule has 2 aromatic heterocycles. The summed E-state index contributed by atoms with van der Waals surface area (Å²) in [6.45, 7) is 6.10. The Morgan fingerprint density at radius 3 is 3.07 bits per heavy atom. The Kier molecular flexibility index (Phi) is 4.29. The molecular formula is C22H18N4O3S. The number of hydrogen-bond donors (Lipinski definition) is 3. The van der Waals surface area contributed by atoms with Gasteiger partial charge in [-0.05, 0) is 43.3 Å². The molecule has 4 aromatic rings. The highest BCUT2D eigenvalue weighted by molar-refractivity contribution is 7.21. The van der Waals surface area contributed by atoms with Gasteiger partial charge in [-0.1, -0.05) is 12.6 Å². The van der Waals surface area contributed by atoms with Crippen LogP contribution >= 0.6 is 11.3 Å². The molecule has 30 heavy (non-hydrogen) atoms. The van der Waals surface area contributed by atoms with Gasteiger partial charge in [-0.15, -0.1) is 11.3 Å². The van der Waals surface area contributed by atoms with E-state index in [1.807, 2.05) is 25.1 Å². The summed E-state index contributed by atoms with van der Waals surface area (Å²) >= 11 is 1.46. The lowest BCUT2D eigenvalue weighted by Gasteiger charge is -2.09. The van der Waals surface area contributed by atoms with Gasteiger partial charge in [0.25, 0.3) is 5.91 Å². The van der Waals surface area contributed by atoms with Crippen molar-refractivity contribution in [2.45, 2.75) is 13.0 Å². The zero-order chi connectivity index (χ0) is 20.8. The topological polar surface area (TPSA) is 96.3 Å². The van der Waals surface area contributed by atoms with E-state index in [1.54, 1.807) is 18.2 Å². The summed E-state index contributed by atoms with van der Waals surface area (Å²) in [5.74, 6) is 0.0707. The van der Waals surface area contributed by atoms with Crippen LogP contribution in [0.2, 0.25) is 0 Å². The fourth-order valence-corrected chi connectivity index (χ4v) is 4.58. The average Bonchev–Trinajstić information content (AvgIpc) is 3.30. The van der Waals surface area contributed by atoms with E-state index < -0.39 is 0 Å². The lowest BCUT2D eigenvalue weighted by Crippen LogP contribution is -2.34. The molecule has 0 spiro atoms. The number of nitrogens with one attached hydrogen (secondary N) is 3. The predicted molar refractivity (Wildman–Crippen MR) is 119 cm³/mol. The van der Waals surface area contributed by atoms with Gasteiger partial charge in [-0.2, -0.15) is 0 Å². The summed E-state index contributed by atoms with van der Waals surface area (Å²) in [5.41, 5.74) is 3.33. The number of aromatic nitrogens is 1. The Labute approximate surface area is 175 Å². The molecule has 1 aliphatic rings. The molecule has 2 amide bonds. The molecule has 0 aliphatic carbocycles. The number of fused-ring (bicyclic) bond motifs is 4. The molecule has 1 aliphatic heterocycles. The smallest absolute Gasteiger partial charge is 0.263 e. The molecule has 0 fully saturated rings. The molecule has 150 valence electrons. The second-order valence-corrected chi connectivity index (χ2v) is 8.19. The van der Waals surface area contributed by atoms with E-state index in [0.29, 0.717) is 34.1 Å². The Hall–Kier alpha value is -3.65. The maximum atomic E-state index is 12.5. The Morgan fingerprint density at radius 2 is 2.23 bits per heavy atom. The highest BCUT2D eigenvalue weighted by Crippen LogP contribution is 2.39. The summed E-state index contributed by atoms with van der Waals surface area (Å²) in [7, 11) is 0. The van der Waals surface area contributed by atoms with Gasteiger partial charge >= 0.3 is 0 Å². The fourth-order valence-electron chi connectivity index (χ4n) is 3.52. The Bertz CT molecular complexity index is 1340. The molecule has 1 atom stereocenters. The van der Waals surface area contributed by atoms with Crippen molar-refractivity contribution < 1.29 is 14.0 Å². The van der Waals surface area contributed by atoms with Gasteiger partial charge in [-0.3, -0.25) is 9.59 Å². The van der Waals surface area contributed by atoms with E-state index in [9.17, 15) is 9.59 Å². The van der Waals surface area contributed by atoms with Crippen LogP contribution < -0.4 is 16.0 Å². The number of anilines is 2. The minimum atomic E-state index is -0.312. The number of hydrogen-bond acceptors (Lipinski definition) is 6. The number of carbonyl (C=O) groups is 2. The van der Waals surface area contributed by atoms with Crippen LogP contribution in [0.3, 0.4) is 0 Å². The molecule has 0 unspecified atom stereocenters. The predicted octanol–water partition coefficient (Wildman–Crippen LogP) is 4.38. The third kappa shape index (κ3) is 3.02. The average molecular weight is 418 g/mol. The first-order chi connectivity index (χ1) is 14.5. The van der Waals surface area contributed by atoms with Gasteiger partial charge in [-0.25, -0.2) is 4.98 Å². The molecule has 2 aromatic carbocycles. The number of carbonyl (C=O) groups excluding carboxylic acids is 2. The van der Waals surface area contributed by atoms with Gasteiger partial charge in [0.1, 0.15) is 10.4 Å². The molecule has 0 bridgehead atoms. The number of nitrogens with zero attached hydrogens (tertiary/aromatic N) is 1. The van der Waals surface area contributed by atoms with Crippen LogP contribution in [0.15, 0.2) is 53.5 Å². The third-order valence-electron chi connectivity index (χ3n) is 4.97. The zero-order valence-corrected chi connectivity index (χ0v) is 16.9. The van der Waals surface area contributed by atoms with Crippen molar-refractivity contribution in [1.82, 2.24) is 10.3 Å². The summed E-state index contributed by atoms with van der Waals surface area (Å²) in [6.07, 6.45) is 1.21. The molecule has 7 nitrogen and oxygen atoms in total. The van der Waals surface area contributed by atoms with Gasteiger partial charge < -0.3 is 20.4 Å². The monoisotopic (exact) mass is 418 g/mol. The van der Waals surface area contributed by atoms with Crippen molar-refractivity contribution in [2.24, 2.45) is 0 Å². The third-order valence-corrected chi connectivity index (χ3v) is 6.14. The number of rotatable bonds is 3. The van der Waals surface area contributed by atoms with Crippen LogP contribution in [0.5, 0.6) is 0 Å². The van der Waals surface area contributed by atoms with Crippen molar-refractivity contribution in [1.29, 1.82) is 0 Å². The maximum Gasteiger partial charge on any atom is 0.263 e. The molecule has 0 radical (unpaired) electrons. The van der Waals surface area contributed by atoms with Gasteiger partial charge in [0.05, 0.1) is 11.4 Å². The van der Waals surface area contributed by atoms with Crippen LogP contribution in [0, 0.1) is 0 Å². The van der Waals surface area contributed by atoms with Crippen molar-refractivity contribution in [2.75, 3.05) is 17.2 Å². The van der Waals surface area contributed by atoms with Gasteiger partial charge in [0.2, 0.25) is 11.8 Å². The SMILES string of the molecule is C=CC(=O)Nc1cccc2oc(-c3ccc4sc5c(c4c3)NC[C@@H](C)NC5=O)nc12. The van der Waals surface area contributed by atoms with Crippen LogP contribution in [0.25, 0.3) is 32.6 Å². The van der Waals surface area contributed by atoms with E-state index >= 15 is 0 Å². The van der Waals surface area contributed by atoms with Gasteiger partial charge in [0, 0.05) is 28.2 Å². The van der Waals surface area contributed by atoms with Crippen molar-refractivity contribution in [3.8, 4) is 11.5 Å². The lowest BCUT2D eigenvalue weighted by molar-refractivity contribution is -0.111. The zero-order valence-electron chi connectivity index (χ0n) is 16.1. The highest BCUT2D eigenvalue weighted by atomic mass is 32.1. The molecule has 8 heteroatoms. The van der Waals surface area contributed by atoms with Crippen molar-refractivity contribution in [3.05, 3.63) is 53.9 Å². The second-order valence-electron chi connectivity index (χ2n) is 7.14.